The van der Waals surface area contributed by atoms with Gasteiger partial charge in [-0.2, -0.15) is 0 Å². The van der Waals surface area contributed by atoms with Crippen molar-refractivity contribution < 1.29 is 9.53 Å². The summed E-state index contributed by atoms with van der Waals surface area (Å²) in [5.41, 5.74) is -0.242. The van der Waals surface area contributed by atoms with Gasteiger partial charge in [-0.25, -0.2) is 0 Å². The summed E-state index contributed by atoms with van der Waals surface area (Å²) < 4.78 is 4.80. The Morgan fingerprint density at radius 3 is 2.46 bits per heavy atom. The number of methoxy groups -OCH3 is 1. The zero-order valence-corrected chi connectivity index (χ0v) is 8.51. The van der Waals surface area contributed by atoms with Crippen LogP contribution in [0.3, 0.4) is 0 Å². The molecule has 0 N–H and O–H groups in total. The second-order valence-corrected chi connectivity index (χ2v) is 4.13. The molecule has 0 spiro atoms. The molecular weight excluding hydrogens is 164 g/mol. The zero-order chi connectivity index (χ0) is 9.90. The molecule has 1 saturated carbocycles. The Hall–Kier alpha value is -0.790. The second-order valence-electron chi connectivity index (χ2n) is 4.13. The molecule has 2 nitrogen and oxygen atoms in total. The first kappa shape index (κ1) is 10.3. The molecule has 2 heteroatoms. The molecule has 0 bridgehead atoms. The van der Waals surface area contributed by atoms with Crippen molar-refractivity contribution in [1.29, 1.82) is 0 Å². The van der Waals surface area contributed by atoms with Gasteiger partial charge >= 0.3 is 5.97 Å². The van der Waals surface area contributed by atoms with Gasteiger partial charge in [0.1, 0.15) is 0 Å². The summed E-state index contributed by atoms with van der Waals surface area (Å²) >= 11 is 0. The molecule has 0 heterocycles. The first-order chi connectivity index (χ1) is 6.12. The van der Waals surface area contributed by atoms with E-state index in [0.29, 0.717) is 5.92 Å². The Morgan fingerprint density at radius 1 is 1.54 bits per heavy atom. The number of rotatable bonds is 2. The molecule has 0 amide bonds. The third kappa shape index (κ3) is 2.11. The Kier molecular flexibility index (Phi) is 3.12. The fourth-order valence-corrected chi connectivity index (χ4v) is 1.96. The summed E-state index contributed by atoms with van der Waals surface area (Å²) in [4.78, 5) is 11.4. The van der Waals surface area contributed by atoms with E-state index in [1.807, 2.05) is 13.0 Å². The van der Waals surface area contributed by atoms with E-state index in [1.54, 1.807) is 0 Å². The number of esters is 1. The van der Waals surface area contributed by atoms with Crippen LogP contribution in [0.2, 0.25) is 0 Å². The monoisotopic (exact) mass is 182 g/mol. The molecule has 0 saturated heterocycles. The average molecular weight is 182 g/mol. The van der Waals surface area contributed by atoms with E-state index in [2.05, 4.69) is 6.58 Å². The van der Waals surface area contributed by atoms with Gasteiger partial charge in [-0.15, -0.1) is 6.58 Å². The standard InChI is InChI=1S/C11H18O2/c1-4-9-5-7-11(2,8-6-9)10(12)13-3/h4,9H,1,5-8H2,2-3H3. The number of carbonyl (C=O) groups is 1. The van der Waals surface area contributed by atoms with E-state index in [-0.39, 0.29) is 11.4 Å². The Bertz CT molecular complexity index is 200. The molecule has 1 rings (SSSR count). The molecule has 74 valence electrons. The molecule has 0 unspecified atom stereocenters. The summed E-state index contributed by atoms with van der Waals surface area (Å²) in [6, 6.07) is 0. The van der Waals surface area contributed by atoms with E-state index >= 15 is 0 Å². The van der Waals surface area contributed by atoms with Gasteiger partial charge in [0.25, 0.3) is 0 Å². The van der Waals surface area contributed by atoms with Gasteiger partial charge in [-0.3, -0.25) is 4.79 Å². The number of hydrogen-bond acceptors (Lipinski definition) is 2. The number of ether oxygens (including phenoxy) is 1. The van der Waals surface area contributed by atoms with Crippen LogP contribution in [-0.4, -0.2) is 13.1 Å². The SMILES string of the molecule is C=CC1CCC(C)(C(=O)OC)CC1. The topological polar surface area (TPSA) is 26.3 Å². The highest BCUT2D eigenvalue weighted by molar-refractivity contribution is 5.76. The van der Waals surface area contributed by atoms with Gasteiger partial charge in [-0.1, -0.05) is 6.08 Å². The van der Waals surface area contributed by atoms with Crippen LogP contribution in [0.25, 0.3) is 0 Å². The van der Waals surface area contributed by atoms with Gasteiger partial charge in [0.05, 0.1) is 12.5 Å². The Morgan fingerprint density at radius 2 is 2.08 bits per heavy atom. The predicted molar refractivity (Wildman–Crippen MR) is 52.3 cm³/mol. The van der Waals surface area contributed by atoms with Gasteiger partial charge in [-0.05, 0) is 38.5 Å². The first-order valence-corrected chi connectivity index (χ1v) is 4.83. The van der Waals surface area contributed by atoms with Crippen LogP contribution in [-0.2, 0) is 9.53 Å². The third-order valence-electron chi connectivity index (χ3n) is 3.15. The van der Waals surface area contributed by atoms with Crippen molar-refractivity contribution in [2.24, 2.45) is 11.3 Å². The summed E-state index contributed by atoms with van der Waals surface area (Å²) in [7, 11) is 1.47. The van der Waals surface area contributed by atoms with Crippen LogP contribution in [0.4, 0.5) is 0 Å². The summed E-state index contributed by atoms with van der Waals surface area (Å²) in [6.07, 6.45) is 5.98. The minimum Gasteiger partial charge on any atom is -0.469 e. The summed E-state index contributed by atoms with van der Waals surface area (Å²) in [5, 5.41) is 0. The number of carbonyl (C=O) groups excluding carboxylic acids is 1. The largest absolute Gasteiger partial charge is 0.469 e. The van der Waals surface area contributed by atoms with Gasteiger partial charge in [0, 0.05) is 0 Å². The van der Waals surface area contributed by atoms with Crippen molar-refractivity contribution in [2.75, 3.05) is 7.11 Å². The maximum absolute atomic E-state index is 11.4. The molecule has 13 heavy (non-hydrogen) atoms. The highest BCUT2D eigenvalue weighted by Gasteiger charge is 2.37. The lowest BCUT2D eigenvalue weighted by Crippen LogP contribution is -2.33. The molecule has 0 aromatic heterocycles. The molecule has 0 aromatic carbocycles. The number of allylic oxidation sites excluding steroid dienone is 1. The predicted octanol–water partition coefficient (Wildman–Crippen LogP) is 2.54. The minimum atomic E-state index is -0.242. The molecule has 0 radical (unpaired) electrons. The van der Waals surface area contributed by atoms with Crippen molar-refractivity contribution in [3.8, 4) is 0 Å². The highest BCUT2D eigenvalue weighted by Crippen LogP contribution is 2.39. The normalized spacial score (nSPS) is 33.8. The quantitative estimate of drug-likeness (QED) is 0.484. The van der Waals surface area contributed by atoms with Crippen LogP contribution >= 0.6 is 0 Å². The van der Waals surface area contributed by atoms with Crippen molar-refractivity contribution in [3.05, 3.63) is 12.7 Å². The van der Waals surface area contributed by atoms with Crippen molar-refractivity contribution in [1.82, 2.24) is 0 Å². The van der Waals surface area contributed by atoms with Crippen molar-refractivity contribution in [2.45, 2.75) is 32.6 Å². The maximum Gasteiger partial charge on any atom is 0.311 e. The Labute approximate surface area is 80.0 Å². The lowest BCUT2D eigenvalue weighted by Gasteiger charge is -2.33. The van der Waals surface area contributed by atoms with Gasteiger partial charge < -0.3 is 4.74 Å². The smallest absolute Gasteiger partial charge is 0.311 e. The molecule has 0 aromatic rings. The molecule has 0 atom stereocenters. The average Bonchev–Trinajstić information content (AvgIpc) is 2.18. The van der Waals surface area contributed by atoms with E-state index in [1.165, 1.54) is 7.11 Å². The number of hydrogen-bond donors (Lipinski definition) is 0. The first-order valence-electron chi connectivity index (χ1n) is 4.83. The lowest BCUT2D eigenvalue weighted by atomic mass is 9.72. The maximum atomic E-state index is 11.4. The van der Waals surface area contributed by atoms with Crippen LogP contribution < -0.4 is 0 Å². The third-order valence-corrected chi connectivity index (χ3v) is 3.15. The van der Waals surface area contributed by atoms with Crippen LogP contribution in [0, 0.1) is 11.3 Å². The molecule has 0 aliphatic heterocycles. The van der Waals surface area contributed by atoms with E-state index in [9.17, 15) is 4.79 Å². The van der Waals surface area contributed by atoms with E-state index < -0.39 is 0 Å². The molecule has 1 aliphatic carbocycles. The van der Waals surface area contributed by atoms with Crippen molar-refractivity contribution >= 4 is 5.97 Å². The van der Waals surface area contributed by atoms with Crippen LogP contribution in [0.1, 0.15) is 32.6 Å². The fraction of sp³-hybridized carbons (Fsp3) is 0.727. The Balaban J connectivity index is 2.55. The zero-order valence-electron chi connectivity index (χ0n) is 8.51. The molecular formula is C11H18O2. The minimum absolute atomic E-state index is 0.0602. The summed E-state index contributed by atoms with van der Waals surface area (Å²) in [6.45, 7) is 5.78. The summed E-state index contributed by atoms with van der Waals surface area (Å²) in [5.74, 6) is 0.535. The fourth-order valence-electron chi connectivity index (χ4n) is 1.96. The van der Waals surface area contributed by atoms with E-state index in [0.717, 1.165) is 25.7 Å². The lowest BCUT2D eigenvalue weighted by molar-refractivity contribution is -0.154. The highest BCUT2D eigenvalue weighted by atomic mass is 16.5. The van der Waals surface area contributed by atoms with E-state index in [4.69, 9.17) is 4.74 Å². The molecule has 1 fully saturated rings. The van der Waals surface area contributed by atoms with Gasteiger partial charge in [0.15, 0.2) is 0 Å². The van der Waals surface area contributed by atoms with Crippen LogP contribution in [0.15, 0.2) is 12.7 Å². The van der Waals surface area contributed by atoms with Crippen LogP contribution in [0.5, 0.6) is 0 Å². The van der Waals surface area contributed by atoms with Gasteiger partial charge in [0.2, 0.25) is 0 Å². The second kappa shape index (κ2) is 3.95. The van der Waals surface area contributed by atoms with Crippen molar-refractivity contribution in [3.63, 3.8) is 0 Å². The molecule has 1 aliphatic rings.